The molecule has 0 aromatic carbocycles. The minimum atomic E-state index is -5.81. The molecule has 254 valence electrons. The monoisotopic (exact) mass is 750 g/mol. The molecule has 0 bridgehead atoms. The van der Waals surface area contributed by atoms with E-state index in [0.29, 0.717) is 0 Å². The first-order chi connectivity index (χ1) is 21.4. The summed E-state index contributed by atoms with van der Waals surface area (Å²) in [6, 6.07) is 1.44. The molecule has 0 aliphatic carbocycles. The summed E-state index contributed by atoms with van der Waals surface area (Å²) in [6.45, 7) is -1.63. The lowest BCUT2D eigenvalue weighted by atomic mass is 10.1. The highest BCUT2D eigenvalue weighted by atomic mass is 32.1. The van der Waals surface area contributed by atoms with Gasteiger partial charge in [-0.05, 0) is 11.4 Å². The fraction of sp³-hybridized carbons (Fsp3) is 0.421. The van der Waals surface area contributed by atoms with E-state index in [1.54, 1.807) is 5.38 Å². The van der Waals surface area contributed by atoms with E-state index in [1.165, 1.54) is 31.2 Å². The standard InChI is InChI=1S/C19H25N6O16P3S2/c1-35-13-12(37-6-10(26)22-16-8(3-4-46-16)18(27)36-2)9(5-38-43(31,32)41-44(33,34)40-42(28,29)30)39-17(13)25-7-21-11-14(25)23-19(20)24-15(11)45/h3-4,7,9,12-13,17H,5-6H2,1-2H3,(H,22,26)(H,31,32)(H,33,34)(H2,28,29,30)(H3,20,23,24,45). The second-order valence-electron chi connectivity index (χ2n) is 8.91. The Bertz CT molecular complexity index is 1810. The summed E-state index contributed by atoms with van der Waals surface area (Å²) in [5, 5.41) is 4.21. The summed E-state index contributed by atoms with van der Waals surface area (Å²) in [7, 11) is -14.6. The van der Waals surface area contributed by atoms with Gasteiger partial charge in [-0.2, -0.15) is 8.62 Å². The maximum Gasteiger partial charge on any atom is 0.490 e. The quantitative estimate of drug-likeness (QED) is 0.0691. The number of hydrogen-bond acceptors (Lipinski definition) is 17. The number of rotatable bonds is 14. The molecule has 6 atom stereocenters. The Morgan fingerprint density at radius 3 is 2.54 bits per heavy atom. The second-order valence-corrected chi connectivity index (χ2v) is 14.6. The summed E-state index contributed by atoms with van der Waals surface area (Å²) in [4.78, 5) is 72.6. The van der Waals surface area contributed by atoms with Crippen molar-refractivity contribution in [2.45, 2.75) is 24.5 Å². The number of ether oxygens (including phenoxy) is 4. The van der Waals surface area contributed by atoms with Crippen molar-refractivity contribution in [3.8, 4) is 0 Å². The van der Waals surface area contributed by atoms with Gasteiger partial charge < -0.3 is 54.6 Å². The molecule has 8 N–H and O–H groups in total. The molecule has 0 radical (unpaired) electrons. The van der Waals surface area contributed by atoms with Crippen LogP contribution in [0.25, 0.3) is 11.2 Å². The Kier molecular flexibility index (Phi) is 11.3. The number of nitrogen functional groups attached to an aromatic ring is 1. The fourth-order valence-electron chi connectivity index (χ4n) is 4.15. The van der Waals surface area contributed by atoms with Crippen molar-refractivity contribution in [1.82, 2.24) is 19.5 Å². The number of anilines is 2. The molecule has 1 aliphatic rings. The number of aromatic nitrogens is 4. The first-order valence-corrected chi connectivity index (χ1v) is 18.0. The third-order valence-corrected chi connectivity index (χ3v) is 10.8. The summed E-state index contributed by atoms with van der Waals surface area (Å²) in [5.41, 5.74) is 6.32. The average molecular weight is 750 g/mol. The Hall–Kier alpha value is -2.50. The second kappa shape index (κ2) is 14.3. The van der Waals surface area contributed by atoms with E-state index in [0.717, 1.165) is 11.3 Å². The SMILES string of the molecule is COC(=O)c1ccsc1NC(=O)COC1C(COP(=O)(O)OP(=O)(O)OP(=O)(O)O)OC(n2cnc3c(=S)nc(N)[nH]c32)C1OC. The summed E-state index contributed by atoms with van der Waals surface area (Å²) >= 11 is 6.23. The molecule has 3 aromatic rings. The number of hydrogen-bond donors (Lipinski definition) is 7. The average Bonchev–Trinajstić information content (AvgIpc) is 3.65. The Labute approximate surface area is 266 Å². The predicted molar refractivity (Wildman–Crippen MR) is 156 cm³/mol. The molecule has 0 saturated carbocycles. The molecule has 0 spiro atoms. The highest BCUT2D eigenvalue weighted by molar-refractivity contribution is 7.71. The third kappa shape index (κ3) is 8.89. The van der Waals surface area contributed by atoms with Crippen LogP contribution in [-0.4, -0.2) is 96.7 Å². The van der Waals surface area contributed by atoms with Crippen molar-refractivity contribution >= 4 is 81.0 Å². The van der Waals surface area contributed by atoms with Gasteiger partial charge in [0.1, 0.15) is 41.1 Å². The molecule has 4 rings (SSSR count). The van der Waals surface area contributed by atoms with Crippen LogP contribution >= 0.6 is 47.0 Å². The van der Waals surface area contributed by atoms with Crippen LogP contribution < -0.4 is 11.1 Å². The zero-order valence-electron chi connectivity index (χ0n) is 23.2. The summed E-state index contributed by atoms with van der Waals surface area (Å²) in [5.74, 6) is -1.51. The normalized spacial score (nSPS) is 22.7. The van der Waals surface area contributed by atoms with Gasteiger partial charge in [0.15, 0.2) is 16.8 Å². The first kappa shape index (κ1) is 36.3. The molecule has 4 heterocycles. The van der Waals surface area contributed by atoms with Crippen molar-refractivity contribution in [1.29, 1.82) is 0 Å². The van der Waals surface area contributed by atoms with E-state index >= 15 is 0 Å². The van der Waals surface area contributed by atoms with E-state index < -0.39 is 73.1 Å². The Morgan fingerprint density at radius 1 is 1.17 bits per heavy atom. The van der Waals surface area contributed by atoms with Crippen molar-refractivity contribution in [2.24, 2.45) is 0 Å². The van der Waals surface area contributed by atoms with E-state index in [-0.39, 0.29) is 32.3 Å². The number of fused-ring (bicyclic) bond motifs is 1. The molecular formula is C19H25N6O16P3S2. The zero-order chi connectivity index (χ0) is 34.0. The Morgan fingerprint density at radius 2 is 1.89 bits per heavy atom. The lowest BCUT2D eigenvalue weighted by molar-refractivity contribution is -0.127. The van der Waals surface area contributed by atoms with Gasteiger partial charge in [-0.1, -0.05) is 12.2 Å². The van der Waals surface area contributed by atoms with Crippen LogP contribution in [0, 0.1) is 4.64 Å². The number of phosphoric acid groups is 3. The number of phosphoric ester groups is 1. The minimum absolute atomic E-state index is 0.0468. The fourth-order valence-corrected chi connectivity index (χ4v) is 8.22. The van der Waals surface area contributed by atoms with Gasteiger partial charge in [0, 0.05) is 7.11 Å². The molecule has 1 saturated heterocycles. The molecule has 22 nitrogen and oxygen atoms in total. The van der Waals surface area contributed by atoms with Crippen LogP contribution in [0.3, 0.4) is 0 Å². The maximum absolute atomic E-state index is 12.8. The van der Waals surface area contributed by atoms with Gasteiger partial charge in [-0.25, -0.2) is 28.5 Å². The van der Waals surface area contributed by atoms with Crippen LogP contribution in [0.1, 0.15) is 16.6 Å². The van der Waals surface area contributed by atoms with Gasteiger partial charge in [-0.15, -0.1) is 11.3 Å². The number of aromatic amines is 1. The number of methoxy groups -OCH3 is 2. The number of thiophene rings is 1. The van der Waals surface area contributed by atoms with E-state index in [2.05, 4.69) is 33.6 Å². The topological polar surface area (TPSA) is 315 Å². The van der Waals surface area contributed by atoms with E-state index in [1.807, 2.05) is 0 Å². The number of nitrogens with zero attached hydrogens (tertiary/aromatic N) is 3. The zero-order valence-corrected chi connectivity index (χ0v) is 27.5. The van der Waals surface area contributed by atoms with E-state index in [9.17, 15) is 33.1 Å². The predicted octanol–water partition coefficient (Wildman–Crippen LogP) is 1.20. The minimum Gasteiger partial charge on any atom is -0.465 e. The number of esters is 1. The van der Waals surface area contributed by atoms with Crippen LogP contribution in [0.2, 0.25) is 0 Å². The molecule has 1 aliphatic heterocycles. The smallest absolute Gasteiger partial charge is 0.465 e. The number of nitrogens with two attached hydrogens (primary N) is 1. The highest BCUT2D eigenvalue weighted by Gasteiger charge is 2.49. The van der Waals surface area contributed by atoms with Gasteiger partial charge in [0.2, 0.25) is 0 Å². The number of nitrogens with one attached hydrogen (secondary N) is 2. The molecule has 27 heteroatoms. The highest BCUT2D eigenvalue weighted by Crippen LogP contribution is 2.66. The van der Waals surface area contributed by atoms with Crippen LogP contribution in [-0.2, 0) is 50.6 Å². The van der Waals surface area contributed by atoms with Gasteiger partial charge in [0.25, 0.3) is 5.91 Å². The number of amides is 1. The summed E-state index contributed by atoms with van der Waals surface area (Å²) < 4.78 is 70.8. The van der Waals surface area contributed by atoms with Crippen molar-refractivity contribution in [3.63, 3.8) is 0 Å². The third-order valence-electron chi connectivity index (χ3n) is 5.84. The lowest BCUT2D eigenvalue weighted by Gasteiger charge is -2.24. The summed E-state index contributed by atoms with van der Waals surface area (Å²) in [6.07, 6.45) is -3.71. The van der Waals surface area contributed by atoms with Crippen LogP contribution in [0.5, 0.6) is 0 Å². The Balaban J connectivity index is 1.58. The lowest BCUT2D eigenvalue weighted by Crippen LogP contribution is -2.39. The largest absolute Gasteiger partial charge is 0.490 e. The number of carbonyl (C=O) groups excluding carboxylic acids is 2. The molecule has 46 heavy (non-hydrogen) atoms. The number of imidazole rings is 1. The van der Waals surface area contributed by atoms with Crippen molar-refractivity contribution < 1.29 is 75.0 Å². The van der Waals surface area contributed by atoms with Crippen molar-refractivity contribution in [3.05, 3.63) is 28.0 Å². The number of carbonyl (C=O) groups is 2. The molecule has 1 fully saturated rings. The molecule has 1 amide bonds. The van der Waals surface area contributed by atoms with Gasteiger partial charge in [0.05, 0.1) is 25.6 Å². The molecule has 6 unspecified atom stereocenters. The van der Waals surface area contributed by atoms with Gasteiger partial charge >= 0.3 is 29.4 Å². The van der Waals surface area contributed by atoms with Crippen LogP contribution in [0.15, 0.2) is 17.8 Å². The van der Waals surface area contributed by atoms with E-state index in [4.69, 9.17) is 46.5 Å². The molecular weight excluding hydrogens is 725 g/mol. The molecule has 3 aromatic heterocycles. The first-order valence-electron chi connectivity index (χ1n) is 12.2. The maximum atomic E-state index is 12.8. The number of H-pyrrole nitrogens is 1. The van der Waals surface area contributed by atoms with Crippen LogP contribution in [0.4, 0.5) is 10.9 Å². The van der Waals surface area contributed by atoms with Gasteiger partial charge in [-0.3, -0.25) is 13.9 Å². The van der Waals surface area contributed by atoms with Crippen molar-refractivity contribution in [2.75, 3.05) is 38.5 Å².